The average molecular weight is 228 g/mol. The number of hydrogen-bond acceptors (Lipinski definition) is 3. The van der Waals surface area contributed by atoms with Gasteiger partial charge < -0.3 is 15.8 Å². The van der Waals surface area contributed by atoms with Crippen LogP contribution in [0.15, 0.2) is 0 Å². The van der Waals surface area contributed by atoms with E-state index >= 15 is 0 Å². The molecule has 3 heteroatoms. The van der Waals surface area contributed by atoms with Gasteiger partial charge >= 0.3 is 0 Å². The molecule has 0 aromatic carbocycles. The normalized spacial score (nSPS) is 15.6. The fourth-order valence-electron chi connectivity index (χ4n) is 1.73. The van der Waals surface area contributed by atoms with Gasteiger partial charge in [-0.05, 0) is 44.7 Å². The Kier molecular flexibility index (Phi) is 8.77. The highest BCUT2D eigenvalue weighted by molar-refractivity contribution is 4.71. The van der Waals surface area contributed by atoms with Crippen LogP contribution in [0.2, 0.25) is 0 Å². The summed E-state index contributed by atoms with van der Waals surface area (Å²) in [5, 5.41) is 3.42. The van der Waals surface area contributed by atoms with Crippen molar-refractivity contribution in [3.8, 4) is 0 Å². The Morgan fingerprint density at radius 2 is 1.75 bits per heavy atom. The van der Waals surface area contributed by atoms with Gasteiger partial charge in [0.2, 0.25) is 0 Å². The SMILES string of the molecule is NCCCCCCCNCCOCC1CC1. The molecule has 0 atom stereocenters. The van der Waals surface area contributed by atoms with Crippen LogP contribution in [0.3, 0.4) is 0 Å². The highest BCUT2D eigenvalue weighted by Gasteiger charge is 2.20. The van der Waals surface area contributed by atoms with Crippen LogP contribution < -0.4 is 11.1 Å². The summed E-state index contributed by atoms with van der Waals surface area (Å²) in [5.74, 6) is 0.891. The summed E-state index contributed by atoms with van der Waals surface area (Å²) in [7, 11) is 0. The molecule has 0 amide bonds. The monoisotopic (exact) mass is 228 g/mol. The van der Waals surface area contributed by atoms with E-state index in [1.165, 1.54) is 44.9 Å². The second-order valence-electron chi connectivity index (χ2n) is 4.82. The third-order valence-corrected chi connectivity index (χ3v) is 3.03. The first-order chi connectivity index (χ1) is 7.93. The Bertz CT molecular complexity index is 149. The van der Waals surface area contributed by atoms with E-state index in [0.29, 0.717) is 0 Å². The molecule has 1 aliphatic rings. The Labute approximate surface area is 100 Å². The predicted octanol–water partition coefficient (Wildman–Crippen LogP) is 1.91. The number of rotatable bonds is 12. The lowest BCUT2D eigenvalue weighted by atomic mass is 10.1. The number of nitrogens with two attached hydrogens (primary N) is 1. The molecule has 0 aromatic rings. The van der Waals surface area contributed by atoms with Crippen molar-refractivity contribution in [2.75, 3.05) is 32.8 Å². The standard InChI is InChI=1S/C13H28N2O/c14-8-4-2-1-3-5-9-15-10-11-16-12-13-6-7-13/h13,15H,1-12,14H2. The molecule has 3 nitrogen and oxygen atoms in total. The van der Waals surface area contributed by atoms with Gasteiger partial charge in [-0.2, -0.15) is 0 Å². The Morgan fingerprint density at radius 3 is 2.50 bits per heavy atom. The number of ether oxygens (including phenoxy) is 1. The van der Waals surface area contributed by atoms with Crippen molar-refractivity contribution in [2.45, 2.75) is 44.9 Å². The Hall–Kier alpha value is -0.120. The molecule has 0 spiro atoms. The summed E-state index contributed by atoms with van der Waals surface area (Å²) in [4.78, 5) is 0. The zero-order valence-electron chi connectivity index (χ0n) is 10.5. The first-order valence-corrected chi connectivity index (χ1v) is 6.92. The largest absolute Gasteiger partial charge is 0.380 e. The van der Waals surface area contributed by atoms with Crippen molar-refractivity contribution < 1.29 is 4.74 Å². The molecule has 3 N–H and O–H groups in total. The van der Waals surface area contributed by atoms with Gasteiger partial charge in [0.05, 0.1) is 6.61 Å². The molecule has 0 saturated heterocycles. The van der Waals surface area contributed by atoms with Crippen molar-refractivity contribution in [1.82, 2.24) is 5.32 Å². The van der Waals surface area contributed by atoms with Crippen LogP contribution in [0.4, 0.5) is 0 Å². The van der Waals surface area contributed by atoms with Crippen LogP contribution in [0.25, 0.3) is 0 Å². The maximum Gasteiger partial charge on any atom is 0.0591 e. The van der Waals surface area contributed by atoms with Gasteiger partial charge in [-0.15, -0.1) is 0 Å². The van der Waals surface area contributed by atoms with Gasteiger partial charge in [0, 0.05) is 13.2 Å². The molecule has 16 heavy (non-hydrogen) atoms. The minimum absolute atomic E-state index is 0.844. The molecular weight excluding hydrogens is 200 g/mol. The fourth-order valence-corrected chi connectivity index (χ4v) is 1.73. The first kappa shape index (κ1) is 13.9. The molecule has 1 rings (SSSR count). The molecule has 0 radical (unpaired) electrons. The van der Waals surface area contributed by atoms with Crippen LogP contribution >= 0.6 is 0 Å². The lowest BCUT2D eigenvalue weighted by Gasteiger charge is -2.05. The molecule has 1 saturated carbocycles. The predicted molar refractivity (Wildman–Crippen MR) is 68.6 cm³/mol. The van der Waals surface area contributed by atoms with Crippen molar-refractivity contribution >= 4 is 0 Å². The lowest BCUT2D eigenvalue weighted by molar-refractivity contribution is 0.126. The Morgan fingerprint density at radius 1 is 1.00 bits per heavy atom. The molecule has 0 heterocycles. The van der Waals surface area contributed by atoms with E-state index in [1.807, 2.05) is 0 Å². The molecule has 1 fully saturated rings. The van der Waals surface area contributed by atoms with E-state index in [2.05, 4.69) is 5.32 Å². The first-order valence-electron chi connectivity index (χ1n) is 6.92. The van der Waals surface area contributed by atoms with Gasteiger partial charge in [-0.25, -0.2) is 0 Å². The van der Waals surface area contributed by atoms with Crippen LogP contribution in [-0.2, 0) is 4.74 Å². The third kappa shape index (κ3) is 9.13. The van der Waals surface area contributed by atoms with Crippen LogP contribution in [0.5, 0.6) is 0 Å². The zero-order chi connectivity index (χ0) is 11.5. The van der Waals surface area contributed by atoms with Crippen LogP contribution in [0.1, 0.15) is 44.9 Å². The van der Waals surface area contributed by atoms with Gasteiger partial charge in [-0.3, -0.25) is 0 Å². The number of unbranched alkanes of at least 4 members (excludes halogenated alkanes) is 4. The van der Waals surface area contributed by atoms with Crippen molar-refractivity contribution in [3.63, 3.8) is 0 Å². The average Bonchev–Trinajstić information content (AvgIpc) is 3.10. The molecule has 0 aliphatic heterocycles. The quantitative estimate of drug-likeness (QED) is 0.502. The van der Waals surface area contributed by atoms with E-state index < -0.39 is 0 Å². The highest BCUT2D eigenvalue weighted by Crippen LogP contribution is 2.28. The minimum atomic E-state index is 0.844. The third-order valence-electron chi connectivity index (χ3n) is 3.03. The smallest absolute Gasteiger partial charge is 0.0591 e. The number of nitrogens with one attached hydrogen (secondary N) is 1. The van der Waals surface area contributed by atoms with Crippen molar-refractivity contribution in [2.24, 2.45) is 11.7 Å². The maximum atomic E-state index is 5.54. The molecular formula is C13H28N2O. The fraction of sp³-hybridized carbons (Fsp3) is 1.00. The van der Waals surface area contributed by atoms with Crippen LogP contribution in [0, 0.1) is 5.92 Å². The molecule has 0 bridgehead atoms. The van der Waals surface area contributed by atoms with Gasteiger partial charge in [0.25, 0.3) is 0 Å². The van der Waals surface area contributed by atoms with Crippen molar-refractivity contribution in [3.05, 3.63) is 0 Å². The summed E-state index contributed by atoms with van der Waals surface area (Å²) in [6, 6.07) is 0. The topological polar surface area (TPSA) is 47.3 Å². The van der Waals surface area contributed by atoms with E-state index in [-0.39, 0.29) is 0 Å². The van der Waals surface area contributed by atoms with Crippen molar-refractivity contribution in [1.29, 1.82) is 0 Å². The number of hydrogen-bond donors (Lipinski definition) is 2. The highest BCUT2D eigenvalue weighted by atomic mass is 16.5. The molecule has 96 valence electrons. The van der Waals surface area contributed by atoms with E-state index in [4.69, 9.17) is 10.5 Å². The summed E-state index contributed by atoms with van der Waals surface area (Å²) in [6.07, 6.45) is 9.19. The maximum absolute atomic E-state index is 5.54. The van der Waals surface area contributed by atoms with Gasteiger partial charge in [0.15, 0.2) is 0 Å². The summed E-state index contributed by atoms with van der Waals surface area (Å²) < 4.78 is 5.54. The summed E-state index contributed by atoms with van der Waals surface area (Å²) >= 11 is 0. The van der Waals surface area contributed by atoms with E-state index in [0.717, 1.165) is 38.8 Å². The minimum Gasteiger partial charge on any atom is -0.380 e. The lowest BCUT2D eigenvalue weighted by Crippen LogP contribution is -2.21. The second-order valence-corrected chi connectivity index (χ2v) is 4.82. The molecule has 0 unspecified atom stereocenters. The van der Waals surface area contributed by atoms with Crippen LogP contribution in [-0.4, -0.2) is 32.8 Å². The molecule has 0 aromatic heterocycles. The molecule has 1 aliphatic carbocycles. The second kappa shape index (κ2) is 10.1. The summed E-state index contributed by atoms with van der Waals surface area (Å²) in [5.41, 5.74) is 5.44. The van der Waals surface area contributed by atoms with Gasteiger partial charge in [-0.1, -0.05) is 19.3 Å². The van der Waals surface area contributed by atoms with E-state index in [1.54, 1.807) is 0 Å². The van der Waals surface area contributed by atoms with Gasteiger partial charge in [0.1, 0.15) is 0 Å². The Balaban J connectivity index is 1.61. The summed E-state index contributed by atoms with van der Waals surface area (Å²) in [6.45, 7) is 4.85. The van der Waals surface area contributed by atoms with E-state index in [9.17, 15) is 0 Å². The zero-order valence-corrected chi connectivity index (χ0v) is 10.5.